The minimum absolute atomic E-state index is 0.193. The molecule has 0 aliphatic rings. The van der Waals surface area contributed by atoms with Crippen molar-refractivity contribution in [3.05, 3.63) is 59.4 Å². The first kappa shape index (κ1) is 12.6. The number of aryl methyl sites for hydroxylation is 1. The fourth-order valence-electron chi connectivity index (χ4n) is 1.97. The number of halogens is 1. The first-order chi connectivity index (χ1) is 8.63. The number of rotatable bonds is 3. The van der Waals surface area contributed by atoms with Crippen LogP contribution in [0.15, 0.2) is 42.5 Å². The Morgan fingerprint density at radius 3 is 2.39 bits per heavy atom. The Morgan fingerprint density at radius 2 is 1.78 bits per heavy atom. The van der Waals surface area contributed by atoms with Crippen LogP contribution in [0.25, 0.3) is 0 Å². The van der Waals surface area contributed by atoms with Crippen LogP contribution in [0.3, 0.4) is 0 Å². The Kier molecular flexibility index (Phi) is 3.63. The molecule has 0 spiro atoms. The lowest BCUT2D eigenvalue weighted by Crippen LogP contribution is -2.14. The Labute approximate surface area is 107 Å². The van der Waals surface area contributed by atoms with Gasteiger partial charge in [0.25, 0.3) is 0 Å². The van der Waals surface area contributed by atoms with Gasteiger partial charge in [-0.05, 0) is 31.2 Å². The normalized spacial score (nSPS) is 10.4. The van der Waals surface area contributed by atoms with Gasteiger partial charge >= 0.3 is 0 Å². The van der Waals surface area contributed by atoms with Crippen molar-refractivity contribution in [1.82, 2.24) is 0 Å². The van der Waals surface area contributed by atoms with E-state index in [2.05, 4.69) is 0 Å². The fraction of sp³-hybridized carbons (Fsp3) is 0.200. The van der Waals surface area contributed by atoms with Crippen molar-refractivity contribution >= 4 is 11.4 Å². The monoisotopic (exact) mass is 244 g/mol. The van der Waals surface area contributed by atoms with Gasteiger partial charge in [0.1, 0.15) is 5.82 Å². The lowest BCUT2D eigenvalue weighted by Gasteiger charge is -2.22. The van der Waals surface area contributed by atoms with Crippen LogP contribution in [0.1, 0.15) is 11.1 Å². The first-order valence-electron chi connectivity index (χ1n) is 5.91. The molecule has 0 saturated carbocycles. The molecule has 2 nitrogen and oxygen atoms in total. The van der Waals surface area contributed by atoms with E-state index in [1.165, 1.54) is 11.6 Å². The van der Waals surface area contributed by atoms with Crippen LogP contribution >= 0.6 is 0 Å². The van der Waals surface area contributed by atoms with E-state index in [9.17, 15) is 4.39 Å². The molecular formula is C15H17FN2. The zero-order valence-corrected chi connectivity index (χ0v) is 10.7. The van der Waals surface area contributed by atoms with E-state index in [-0.39, 0.29) is 12.4 Å². The van der Waals surface area contributed by atoms with Crippen LogP contribution < -0.4 is 10.6 Å². The summed E-state index contributed by atoms with van der Waals surface area (Å²) in [6.45, 7) is 2.23. The van der Waals surface area contributed by atoms with Crippen molar-refractivity contribution in [3.63, 3.8) is 0 Å². The minimum Gasteiger partial charge on any atom is -0.344 e. The quantitative estimate of drug-likeness (QED) is 0.897. The zero-order chi connectivity index (χ0) is 13.1. The van der Waals surface area contributed by atoms with Gasteiger partial charge in [0.15, 0.2) is 0 Å². The summed E-state index contributed by atoms with van der Waals surface area (Å²) < 4.78 is 13.7. The van der Waals surface area contributed by atoms with Gasteiger partial charge in [-0.15, -0.1) is 0 Å². The maximum atomic E-state index is 13.7. The molecule has 0 saturated heterocycles. The second kappa shape index (κ2) is 5.19. The highest BCUT2D eigenvalue weighted by molar-refractivity contribution is 5.66. The van der Waals surface area contributed by atoms with Crippen molar-refractivity contribution in [2.24, 2.45) is 5.73 Å². The van der Waals surface area contributed by atoms with E-state index in [1.54, 1.807) is 6.07 Å². The van der Waals surface area contributed by atoms with Gasteiger partial charge in [-0.2, -0.15) is 0 Å². The number of nitrogens with two attached hydrogens (primary N) is 1. The summed E-state index contributed by atoms with van der Waals surface area (Å²) in [4.78, 5) is 1.95. The predicted molar refractivity (Wildman–Crippen MR) is 73.5 cm³/mol. The summed E-state index contributed by atoms with van der Waals surface area (Å²) in [7, 11) is 1.92. The Morgan fingerprint density at radius 1 is 1.11 bits per heavy atom. The average molecular weight is 244 g/mol. The summed E-state index contributed by atoms with van der Waals surface area (Å²) in [6, 6.07) is 13.1. The molecular weight excluding hydrogens is 227 g/mol. The molecule has 0 radical (unpaired) electrons. The van der Waals surface area contributed by atoms with Gasteiger partial charge in [0.2, 0.25) is 0 Å². The van der Waals surface area contributed by atoms with Crippen molar-refractivity contribution in [2.45, 2.75) is 13.5 Å². The molecule has 2 N–H and O–H groups in total. The highest BCUT2D eigenvalue weighted by atomic mass is 19.1. The number of anilines is 2. The molecule has 2 rings (SSSR count). The zero-order valence-electron chi connectivity index (χ0n) is 10.7. The summed E-state index contributed by atoms with van der Waals surface area (Å²) in [6.07, 6.45) is 0. The van der Waals surface area contributed by atoms with Crippen molar-refractivity contribution in [2.75, 3.05) is 11.9 Å². The second-order valence-electron chi connectivity index (χ2n) is 4.34. The number of benzene rings is 2. The number of nitrogens with zero attached hydrogens (tertiary/aromatic N) is 1. The molecule has 0 amide bonds. The SMILES string of the molecule is Cc1ccc(N(C)c2cccc(F)c2CN)cc1. The van der Waals surface area contributed by atoms with Gasteiger partial charge in [0.05, 0.1) is 0 Å². The largest absolute Gasteiger partial charge is 0.344 e. The van der Waals surface area contributed by atoms with Crippen molar-refractivity contribution < 1.29 is 4.39 Å². The van der Waals surface area contributed by atoms with E-state index in [0.29, 0.717) is 5.56 Å². The third-order valence-corrected chi connectivity index (χ3v) is 3.08. The number of hydrogen-bond donors (Lipinski definition) is 1. The molecule has 0 atom stereocenters. The molecule has 0 heterocycles. The lowest BCUT2D eigenvalue weighted by molar-refractivity contribution is 0.610. The summed E-state index contributed by atoms with van der Waals surface area (Å²) in [5.41, 5.74) is 9.19. The number of hydrogen-bond acceptors (Lipinski definition) is 2. The van der Waals surface area contributed by atoms with Crippen LogP contribution in [0.2, 0.25) is 0 Å². The molecule has 0 aliphatic carbocycles. The Balaban J connectivity index is 2.42. The summed E-state index contributed by atoms with van der Waals surface area (Å²) >= 11 is 0. The van der Waals surface area contributed by atoms with Crippen molar-refractivity contribution in [3.8, 4) is 0 Å². The van der Waals surface area contributed by atoms with E-state index in [0.717, 1.165) is 11.4 Å². The van der Waals surface area contributed by atoms with Gasteiger partial charge in [-0.1, -0.05) is 23.8 Å². The fourth-order valence-corrected chi connectivity index (χ4v) is 1.97. The average Bonchev–Trinajstić information content (AvgIpc) is 2.38. The Hall–Kier alpha value is -1.87. The first-order valence-corrected chi connectivity index (χ1v) is 5.91. The van der Waals surface area contributed by atoms with Gasteiger partial charge in [-0.25, -0.2) is 4.39 Å². The highest BCUT2D eigenvalue weighted by Crippen LogP contribution is 2.28. The molecule has 0 fully saturated rings. The molecule has 18 heavy (non-hydrogen) atoms. The summed E-state index contributed by atoms with van der Waals surface area (Å²) in [5, 5.41) is 0. The van der Waals surface area contributed by atoms with Gasteiger partial charge in [-0.3, -0.25) is 0 Å². The van der Waals surface area contributed by atoms with E-state index >= 15 is 0 Å². The smallest absolute Gasteiger partial charge is 0.129 e. The van der Waals surface area contributed by atoms with Crippen molar-refractivity contribution in [1.29, 1.82) is 0 Å². The molecule has 94 valence electrons. The maximum absolute atomic E-state index is 13.7. The third-order valence-electron chi connectivity index (χ3n) is 3.08. The minimum atomic E-state index is -0.256. The lowest BCUT2D eigenvalue weighted by atomic mass is 10.1. The molecule has 2 aromatic rings. The molecule has 0 aliphatic heterocycles. The van der Waals surface area contributed by atoms with Crippen LogP contribution in [0, 0.1) is 12.7 Å². The van der Waals surface area contributed by atoms with Gasteiger partial charge in [0, 0.05) is 30.5 Å². The molecule has 0 unspecified atom stereocenters. The molecule has 0 bridgehead atoms. The van der Waals surface area contributed by atoms with Crippen LogP contribution in [0.5, 0.6) is 0 Å². The predicted octanol–water partition coefficient (Wildman–Crippen LogP) is 3.36. The standard InChI is InChI=1S/C15H17FN2/c1-11-6-8-12(9-7-11)18(2)15-5-3-4-14(16)13(15)10-17/h3-9H,10,17H2,1-2H3. The van der Waals surface area contributed by atoms with Crippen LogP contribution in [-0.4, -0.2) is 7.05 Å². The van der Waals surface area contributed by atoms with Crippen LogP contribution in [-0.2, 0) is 6.54 Å². The van der Waals surface area contributed by atoms with E-state index < -0.39 is 0 Å². The molecule has 2 aromatic carbocycles. The topological polar surface area (TPSA) is 29.3 Å². The van der Waals surface area contributed by atoms with E-state index in [1.807, 2.05) is 49.2 Å². The third kappa shape index (κ3) is 2.36. The Bertz CT molecular complexity index is 535. The highest BCUT2D eigenvalue weighted by Gasteiger charge is 2.11. The summed E-state index contributed by atoms with van der Waals surface area (Å²) in [5.74, 6) is -0.256. The maximum Gasteiger partial charge on any atom is 0.129 e. The van der Waals surface area contributed by atoms with Crippen LogP contribution in [0.4, 0.5) is 15.8 Å². The van der Waals surface area contributed by atoms with E-state index in [4.69, 9.17) is 5.73 Å². The second-order valence-corrected chi connectivity index (χ2v) is 4.34. The molecule has 0 aromatic heterocycles. The molecule has 3 heteroatoms. The van der Waals surface area contributed by atoms with Gasteiger partial charge < -0.3 is 10.6 Å².